The number of carbonyl (C=O) groups excluding carboxylic acids is 1. The van der Waals surface area contributed by atoms with Crippen LogP contribution in [0.1, 0.15) is 5.56 Å². The monoisotopic (exact) mass is 394 g/mol. The summed E-state index contributed by atoms with van der Waals surface area (Å²) in [5.74, 6) is 0.213. The summed E-state index contributed by atoms with van der Waals surface area (Å²) in [5, 5.41) is 52.9. The molecule has 1 aliphatic rings. The van der Waals surface area contributed by atoms with Crippen LogP contribution in [0.2, 0.25) is 0 Å². The van der Waals surface area contributed by atoms with Crippen LogP contribution in [0, 0.1) is 0 Å². The van der Waals surface area contributed by atoms with Crippen molar-refractivity contribution in [2.45, 2.75) is 24.4 Å². The first kappa shape index (κ1) is 21.5. The van der Waals surface area contributed by atoms with Crippen LogP contribution in [0.5, 0.6) is 5.75 Å². The number of methoxy groups -OCH3 is 1. The molecule has 2 rings (SSSR count). The third-order valence-corrected chi connectivity index (χ3v) is 3.79. The van der Waals surface area contributed by atoms with Crippen LogP contribution in [0.4, 0.5) is 0 Å². The number of hydrogen-bond acceptors (Lipinski definition) is 10. The average molecular weight is 394 g/mol. The molecule has 0 fully saturated rings. The maximum Gasteiger partial charge on any atom is 0.276 e. The summed E-state index contributed by atoms with van der Waals surface area (Å²) in [6, 6.07) is 6.98. The van der Waals surface area contributed by atoms with Gasteiger partial charge >= 0.3 is 0 Å². The molecular weight excluding hydrogens is 372 g/mol. The number of hydrazone groups is 1. The summed E-state index contributed by atoms with van der Waals surface area (Å²) < 4.78 is 5.06. The second-order valence-corrected chi connectivity index (χ2v) is 5.83. The van der Waals surface area contributed by atoms with E-state index in [2.05, 4.69) is 20.8 Å². The van der Waals surface area contributed by atoms with Crippen LogP contribution < -0.4 is 15.5 Å². The fourth-order valence-electron chi connectivity index (χ4n) is 2.18. The molecule has 1 aromatic carbocycles. The van der Waals surface area contributed by atoms with Crippen molar-refractivity contribution in [1.29, 1.82) is 0 Å². The van der Waals surface area contributed by atoms with Gasteiger partial charge in [-0.25, -0.2) is 10.4 Å². The largest absolute Gasteiger partial charge is 0.497 e. The molecule has 0 saturated heterocycles. The fourth-order valence-corrected chi connectivity index (χ4v) is 2.18. The van der Waals surface area contributed by atoms with Crippen molar-refractivity contribution in [3.05, 3.63) is 35.5 Å². The molecule has 152 valence electrons. The molecule has 0 bridgehead atoms. The molecule has 11 heteroatoms. The van der Waals surface area contributed by atoms with Crippen molar-refractivity contribution in [2.75, 3.05) is 13.7 Å². The summed E-state index contributed by atoms with van der Waals surface area (Å²) in [6.07, 6.45) is -4.41. The van der Waals surface area contributed by atoms with Crippen LogP contribution >= 0.6 is 0 Å². The minimum Gasteiger partial charge on any atom is -0.497 e. The summed E-state index contributed by atoms with van der Waals surface area (Å²) in [7, 11) is 1.55. The highest BCUT2D eigenvalue weighted by molar-refractivity contribution is 6.13. The maximum atomic E-state index is 11.9. The Kier molecular flexibility index (Phi) is 7.61. The normalized spacial score (nSPS) is 19.9. The average Bonchev–Trinajstić information content (AvgIpc) is 3.05. The molecule has 4 atom stereocenters. The smallest absolute Gasteiger partial charge is 0.276 e. The van der Waals surface area contributed by atoms with Crippen molar-refractivity contribution >= 4 is 24.2 Å². The fraction of sp³-hybridized carbons (Fsp3) is 0.353. The lowest BCUT2D eigenvalue weighted by molar-refractivity contribution is -0.115. The quantitative estimate of drug-likeness (QED) is 0.144. The number of aliphatic imine (C=N–C) groups is 1. The van der Waals surface area contributed by atoms with E-state index in [1.165, 1.54) is 0 Å². The Morgan fingerprint density at radius 3 is 2.50 bits per heavy atom. The standard InChI is InChI=1S/C17H22N4O7/c1-28-10-4-2-9(3-5-10)6-11-16(27)20-17(19-11)21-18-7-12(23)14(25)15(26)13(24)8-22/h2-7,12-15,22-26H,8H2,1H3,(H2,19,20,21,27)/b11-6-,18-7-. The van der Waals surface area contributed by atoms with Crippen LogP contribution in [0.15, 0.2) is 40.1 Å². The Hall–Kier alpha value is -2.83. The zero-order chi connectivity index (χ0) is 20.7. The molecule has 0 aliphatic carbocycles. The third-order valence-electron chi connectivity index (χ3n) is 3.79. The number of rotatable bonds is 8. The number of aliphatic hydroxyl groups excluding tert-OH is 5. The van der Waals surface area contributed by atoms with Gasteiger partial charge in [0.15, 0.2) is 0 Å². The maximum absolute atomic E-state index is 11.9. The highest BCUT2D eigenvalue weighted by Gasteiger charge is 2.29. The van der Waals surface area contributed by atoms with Gasteiger partial charge in [-0.15, -0.1) is 0 Å². The van der Waals surface area contributed by atoms with E-state index in [1.54, 1.807) is 37.5 Å². The molecule has 1 aromatic rings. The highest BCUT2D eigenvalue weighted by atomic mass is 16.5. The third kappa shape index (κ3) is 5.58. The number of aliphatic hydroxyl groups is 5. The zero-order valence-electron chi connectivity index (χ0n) is 14.9. The predicted octanol–water partition coefficient (Wildman–Crippen LogP) is -2.47. The lowest BCUT2D eigenvalue weighted by atomic mass is 10.0. The molecule has 28 heavy (non-hydrogen) atoms. The van der Waals surface area contributed by atoms with Gasteiger partial charge in [-0.1, -0.05) is 12.1 Å². The molecule has 1 heterocycles. The molecule has 1 amide bonds. The Bertz CT molecular complexity index is 763. The Balaban J connectivity index is 1.97. The first-order valence-corrected chi connectivity index (χ1v) is 8.23. The summed E-state index contributed by atoms with van der Waals surface area (Å²) in [5.41, 5.74) is 3.24. The van der Waals surface area contributed by atoms with Crippen LogP contribution in [-0.4, -0.2) is 81.7 Å². The second-order valence-electron chi connectivity index (χ2n) is 5.83. The van der Waals surface area contributed by atoms with Gasteiger partial charge in [-0.3, -0.25) is 10.1 Å². The lowest BCUT2D eigenvalue weighted by Crippen LogP contribution is -2.46. The summed E-state index contributed by atoms with van der Waals surface area (Å²) in [4.78, 5) is 15.9. The van der Waals surface area contributed by atoms with Crippen molar-refractivity contribution < 1.29 is 35.1 Å². The molecule has 11 nitrogen and oxygen atoms in total. The Labute approximate surface area is 160 Å². The van der Waals surface area contributed by atoms with Crippen molar-refractivity contribution in [1.82, 2.24) is 10.7 Å². The van der Waals surface area contributed by atoms with E-state index in [0.29, 0.717) is 5.75 Å². The van der Waals surface area contributed by atoms with Gasteiger partial charge in [-0.05, 0) is 23.8 Å². The number of benzene rings is 1. The van der Waals surface area contributed by atoms with Gasteiger partial charge in [0.05, 0.1) is 19.9 Å². The van der Waals surface area contributed by atoms with Gasteiger partial charge in [0.1, 0.15) is 35.9 Å². The molecule has 0 aromatic heterocycles. The number of nitrogens with one attached hydrogen (secondary N) is 2. The van der Waals surface area contributed by atoms with E-state index in [9.17, 15) is 25.2 Å². The number of carbonyl (C=O) groups is 1. The number of hydrogen-bond donors (Lipinski definition) is 7. The van der Waals surface area contributed by atoms with E-state index in [4.69, 9.17) is 9.84 Å². The van der Waals surface area contributed by atoms with Gasteiger partial charge in [0.25, 0.3) is 5.91 Å². The van der Waals surface area contributed by atoms with Gasteiger partial charge in [-0.2, -0.15) is 5.10 Å². The minimum absolute atomic E-state index is 0.00126. The molecule has 7 N–H and O–H groups in total. The van der Waals surface area contributed by atoms with Crippen LogP contribution in [-0.2, 0) is 4.79 Å². The SMILES string of the molecule is COc1ccc(/C=C2\N=C(N/N=C\C(O)C(O)C(O)C(O)CO)NC2=O)cc1. The van der Waals surface area contributed by atoms with Crippen LogP contribution in [0.25, 0.3) is 6.08 Å². The number of ether oxygens (including phenoxy) is 1. The van der Waals surface area contributed by atoms with E-state index in [0.717, 1.165) is 11.8 Å². The topological polar surface area (TPSA) is 176 Å². The number of nitrogens with zero attached hydrogens (tertiary/aromatic N) is 2. The van der Waals surface area contributed by atoms with Crippen molar-refractivity contribution in [3.8, 4) is 5.75 Å². The molecule has 0 saturated carbocycles. The molecule has 4 unspecified atom stereocenters. The predicted molar refractivity (Wildman–Crippen MR) is 99.3 cm³/mol. The molecule has 0 radical (unpaired) electrons. The highest BCUT2D eigenvalue weighted by Crippen LogP contribution is 2.15. The van der Waals surface area contributed by atoms with E-state index in [1.807, 2.05) is 0 Å². The summed E-state index contributed by atoms with van der Waals surface area (Å²) in [6.45, 7) is -0.785. The molecule has 1 aliphatic heterocycles. The van der Waals surface area contributed by atoms with Crippen LogP contribution in [0.3, 0.4) is 0 Å². The zero-order valence-corrected chi connectivity index (χ0v) is 14.9. The van der Waals surface area contributed by atoms with E-state index < -0.39 is 36.9 Å². The van der Waals surface area contributed by atoms with Crippen molar-refractivity contribution in [2.24, 2.45) is 10.1 Å². The van der Waals surface area contributed by atoms with E-state index >= 15 is 0 Å². The second kappa shape index (κ2) is 9.92. The van der Waals surface area contributed by atoms with Gasteiger partial charge in [0.2, 0.25) is 5.96 Å². The minimum atomic E-state index is -1.78. The van der Waals surface area contributed by atoms with E-state index in [-0.39, 0.29) is 11.7 Å². The van der Waals surface area contributed by atoms with Gasteiger partial charge < -0.3 is 30.3 Å². The number of guanidine groups is 1. The molecular formula is C17H22N4O7. The first-order chi connectivity index (χ1) is 13.3. The molecule has 0 spiro atoms. The van der Waals surface area contributed by atoms with Gasteiger partial charge in [0, 0.05) is 0 Å². The Morgan fingerprint density at radius 2 is 1.89 bits per heavy atom. The number of amides is 1. The first-order valence-electron chi connectivity index (χ1n) is 8.23. The Morgan fingerprint density at radius 1 is 1.21 bits per heavy atom. The summed E-state index contributed by atoms with van der Waals surface area (Å²) >= 11 is 0. The van der Waals surface area contributed by atoms with Crippen molar-refractivity contribution in [3.63, 3.8) is 0 Å². The lowest BCUT2D eigenvalue weighted by Gasteiger charge is -2.23.